The predicted molar refractivity (Wildman–Crippen MR) is 79.6 cm³/mol. The van der Waals surface area contributed by atoms with Crippen LogP contribution in [0, 0.1) is 5.41 Å². The number of rotatable bonds is 7. The number of carboxylic acids is 1. The molecule has 1 aromatic heterocycles. The monoisotopic (exact) mass is 281 g/mol. The van der Waals surface area contributed by atoms with E-state index < -0.39 is 16.9 Å². The zero-order valence-electron chi connectivity index (χ0n) is 13.4. The van der Waals surface area contributed by atoms with Crippen molar-refractivity contribution in [1.29, 1.82) is 0 Å². The van der Waals surface area contributed by atoms with Gasteiger partial charge in [-0.05, 0) is 47.1 Å². The van der Waals surface area contributed by atoms with Crippen molar-refractivity contribution in [2.24, 2.45) is 5.41 Å². The minimum absolute atomic E-state index is 0.382. The Morgan fingerprint density at radius 2 is 2.05 bits per heavy atom. The first kappa shape index (κ1) is 16.7. The second-order valence-corrected chi connectivity index (χ2v) is 6.45. The normalized spacial score (nSPS) is 14.3. The molecular formula is C15H27N3O2. The SMILES string of the molecule is CCC(C)n1ccc(CNC(C)(C)C(C)(C)C(=O)O)n1. The number of carbonyl (C=O) groups is 1. The molecule has 0 aromatic carbocycles. The molecule has 1 atom stereocenters. The van der Waals surface area contributed by atoms with Crippen molar-refractivity contribution in [3.8, 4) is 0 Å². The lowest BCUT2D eigenvalue weighted by molar-refractivity contribution is -0.151. The summed E-state index contributed by atoms with van der Waals surface area (Å²) in [4.78, 5) is 11.4. The third-order valence-corrected chi connectivity index (χ3v) is 4.51. The number of hydrogen-bond acceptors (Lipinski definition) is 3. The van der Waals surface area contributed by atoms with E-state index in [0.717, 1.165) is 12.1 Å². The van der Waals surface area contributed by atoms with E-state index in [0.29, 0.717) is 12.6 Å². The molecule has 0 aliphatic rings. The van der Waals surface area contributed by atoms with Crippen molar-refractivity contribution in [1.82, 2.24) is 15.1 Å². The molecule has 20 heavy (non-hydrogen) atoms. The highest BCUT2D eigenvalue weighted by molar-refractivity contribution is 5.75. The summed E-state index contributed by atoms with van der Waals surface area (Å²) in [6.45, 7) is 12.1. The lowest BCUT2D eigenvalue weighted by Gasteiger charge is -2.38. The average Bonchev–Trinajstić information content (AvgIpc) is 2.84. The van der Waals surface area contributed by atoms with Gasteiger partial charge in [-0.25, -0.2) is 0 Å². The maximum absolute atomic E-state index is 11.4. The molecule has 0 bridgehead atoms. The van der Waals surface area contributed by atoms with E-state index in [9.17, 15) is 9.90 Å². The van der Waals surface area contributed by atoms with Crippen molar-refractivity contribution < 1.29 is 9.90 Å². The summed E-state index contributed by atoms with van der Waals surface area (Å²) in [6.07, 6.45) is 3.01. The van der Waals surface area contributed by atoms with Crippen LogP contribution in [0.2, 0.25) is 0 Å². The second-order valence-electron chi connectivity index (χ2n) is 6.45. The molecule has 0 aliphatic heterocycles. The number of carboxylic acid groups (broad SMARTS) is 1. The lowest BCUT2D eigenvalue weighted by Crippen LogP contribution is -2.54. The van der Waals surface area contributed by atoms with Crippen LogP contribution in [0.15, 0.2) is 12.3 Å². The molecule has 0 radical (unpaired) electrons. The van der Waals surface area contributed by atoms with E-state index in [2.05, 4.69) is 24.3 Å². The minimum atomic E-state index is -0.855. The van der Waals surface area contributed by atoms with Crippen LogP contribution in [-0.2, 0) is 11.3 Å². The van der Waals surface area contributed by atoms with Crippen molar-refractivity contribution in [3.63, 3.8) is 0 Å². The fourth-order valence-corrected chi connectivity index (χ4v) is 1.70. The Labute approximate surface area is 121 Å². The third kappa shape index (κ3) is 3.39. The molecule has 1 rings (SSSR count). The summed E-state index contributed by atoms with van der Waals surface area (Å²) in [5.41, 5.74) is -0.454. The van der Waals surface area contributed by atoms with Crippen molar-refractivity contribution in [3.05, 3.63) is 18.0 Å². The van der Waals surface area contributed by atoms with Crippen LogP contribution >= 0.6 is 0 Å². The predicted octanol–water partition coefficient (Wildman–Crippen LogP) is 2.83. The fraction of sp³-hybridized carbons (Fsp3) is 0.733. The molecule has 0 saturated carbocycles. The van der Waals surface area contributed by atoms with E-state index in [4.69, 9.17) is 0 Å². The van der Waals surface area contributed by atoms with E-state index in [-0.39, 0.29) is 0 Å². The molecule has 5 nitrogen and oxygen atoms in total. The maximum Gasteiger partial charge on any atom is 0.310 e. The summed E-state index contributed by atoms with van der Waals surface area (Å²) in [5, 5.41) is 17.2. The number of aliphatic carboxylic acids is 1. The van der Waals surface area contributed by atoms with Gasteiger partial charge in [-0.2, -0.15) is 5.10 Å². The molecule has 0 fully saturated rings. The molecule has 0 spiro atoms. The summed E-state index contributed by atoms with van der Waals surface area (Å²) < 4.78 is 1.95. The molecule has 1 aromatic rings. The van der Waals surface area contributed by atoms with Gasteiger partial charge in [0.05, 0.1) is 11.1 Å². The first-order valence-corrected chi connectivity index (χ1v) is 7.14. The lowest BCUT2D eigenvalue weighted by atomic mass is 9.74. The van der Waals surface area contributed by atoms with E-state index in [1.165, 1.54) is 0 Å². The van der Waals surface area contributed by atoms with E-state index >= 15 is 0 Å². The van der Waals surface area contributed by atoms with E-state index in [1.807, 2.05) is 30.8 Å². The highest BCUT2D eigenvalue weighted by Gasteiger charge is 2.43. The molecule has 5 heteroatoms. The highest BCUT2D eigenvalue weighted by Crippen LogP contribution is 2.30. The quantitative estimate of drug-likeness (QED) is 0.806. The average molecular weight is 281 g/mol. The van der Waals surface area contributed by atoms with Crippen LogP contribution in [-0.4, -0.2) is 26.4 Å². The summed E-state index contributed by atoms with van der Waals surface area (Å²) in [5.74, 6) is -0.805. The molecular weight excluding hydrogens is 254 g/mol. The first-order valence-electron chi connectivity index (χ1n) is 7.14. The Kier molecular flexibility index (Phi) is 4.97. The number of aromatic nitrogens is 2. The van der Waals surface area contributed by atoms with Gasteiger partial charge in [0.25, 0.3) is 0 Å². The molecule has 0 saturated heterocycles. The van der Waals surface area contributed by atoms with E-state index in [1.54, 1.807) is 13.8 Å². The smallest absolute Gasteiger partial charge is 0.310 e. The zero-order valence-corrected chi connectivity index (χ0v) is 13.4. The molecule has 0 amide bonds. The summed E-state index contributed by atoms with van der Waals surface area (Å²) in [7, 11) is 0. The minimum Gasteiger partial charge on any atom is -0.481 e. The highest BCUT2D eigenvalue weighted by atomic mass is 16.4. The molecule has 1 unspecified atom stereocenters. The molecule has 114 valence electrons. The van der Waals surface area contributed by atoms with Crippen molar-refractivity contribution in [2.45, 2.75) is 66.1 Å². The van der Waals surface area contributed by atoms with Crippen LogP contribution in [0.4, 0.5) is 0 Å². The van der Waals surface area contributed by atoms with Gasteiger partial charge >= 0.3 is 5.97 Å². The third-order valence-electron chi connectivity index (χ3n) is 4.51. The standard InChI is InChI=1S/C15H27N3O2/c1-7-11(2)18-9-8-12(17-18)10-16-15(5,6)14(3,4)13(19)20/h8-9,11,16H,7,10H2,1-6H3,(H,19,20). The Hall–Kier alpha value is -1.36. The Morgan fingerprint density at radius 1 is 1.45 bits per heavy atom. The van der Waals surface area contributed by atoms with Gasteiger partial charge in [-0.15, -0.1) is 0 Å². The second kappa shape index (κ2) is 5.95. The van der Waals surface area contributed by atoms with Crippen LogP contribution in [0.3, 0.4) is 0 Å². The van der Waals surface area contributed by atoms with Gasteiger partial charge in [0.1, 0.15) is 0 Å². The number of nitrogens with zero attached hydrogens (tertiary/aromatic N) is 2. The number of nitrogens with one attached hydrogen (secondary N) is 1. The van der Waals surface area contributed by atoms with Crippen LogP contribution < -0.4 is 5.32 Å². The molecule has 1 heterocycles. The molecule has 2 N–H and O–H groups in total. The van der Waals surface area contributed by atoms with Gasteiger partial charge in [-0.1, -0.05) is 6.92 Å². The van der Waals surface area contributed by atoms with Crippen molar-refractivity contribution >= 4 is 5.97 Å². The first-order chi connectivity index (χ1) is 9.11. The number of hydrogen-bond donors (Lipinski definition) is 2. The van der Waals surface area contributed by atoms with Crippen LogP contribution in [0.5, 0.6) is 0 Å². The van der Waals surface area contributed by atoms with Gasteiger partial charge < -0.3 is 10.4 Å². The summed E-state index contributed by atoms with van der Waals surface area (Å²) in [6, 6.07) is 2.36. The maximum atomic E-state index is 11.4. The van der Waals surface area contributed by atoms with Crippen LogP contribution in [0.1, 0.15) is 59.7 Å². The van der Waals surface area contributed by atoms with Crippen molar-refractivity contribution in [2.75, 3.05) is 0 Å². The van der Waals surface area contributed by atoms with Crippen LogP contribution in [0.25, 0.3) is 0 Å². The van der Waals surface area contributed by atoms with Gasteiger partial charge in [-0.3, -0.25) is 9.48 Å². The van der Waals surface area contributed by atoms with Gasteiger partial charge in [0.15, 0.2) is 0 Å². The molecule has 0 aliphatic carbocycles. The Bertz CT molecular complexity index is 463. The topological polar surface area (TPSA) is 67.2 Å². The fourth-order valence-electron chi connectivity index (χ4n) is 1.70. The summed E-state index contributed by atoms with van der Waals surface area (Å²) >= 11 is 0. The van der Waals surface area contributed by atoms with Gasteiger partial charge in [0, 0.05) is 24.3 Å². The Balaban J connectivity index is 2.71. The van der Waals surface area contributed by atoms with Gasteiger partial charge in [0.2, 0.25) is 0 Å². The zero-order chi connectivity index (χ0) is 15.6. The largest absolute Gasteiger partial charge is 0.481 e. The Morgan fingerprint density at radius 3 is 2.55 bits per heavy atom.